The Morgan fingerprint density at radius 2 is 2.05 bits per heavy atom. The second-order valence-corrected chi connectivity index (χ2v) is 5.73. The number of anilines is 1. The van der Waals surface area contributed by atoms with Gasteiger partial charge in [0.25, 0.3) is 5.56 Å². The summed E-state index contributed by atoms with van der Waals surface area (Å²) in [7, 11) is 0. The van der Waals surface area contributed by atoms with Crippen molar-refractivity contribution in [2.75, 3.05) is 11.9 Å². The fraction of sp³-hybridized carbons (Fsp3) is 0.636. The summed E-state index contributed by atoms with van der Waals surface area (Å²) in [4.78, 5) is 11.8. The van der Waals surface area contributed by atoms with Crippen molar-refractivity contribution in [3.8, 4) is 0 Å². The third kappa shape index (κ3) is 4.78. The molecule has 0 radical (unpaired) electrons. The zero-order valence-electron chi connectivity index (χ0n) is 11.0. The van der Waals surface area contributed by atoms with Crippen LogP contribution in [0.25, 0.3) is 0 Å². The summed E-state index contributed by atoms with van der Waals surface area (Å²) in [5, 5.41) is 15.4. The number of rotatable bonds is 5. The Morgan fingerprint density at radius 3 is 2.55 bits per heavy atom. The number of nitrogens with zero attached hydrogens (tertiary/aromatic N) is 2. The summed E-state index contributed by atoms with van der Waals surface area (Å²) in [5.74, 6) is 0. The Kier molecular flexibility index (Phi) is 5.20. The van der Waals surface area contributed by atoms with Gasteiger partial charge >= 0.3 is 6.18 Å². The molecule has 0 unspecified atom stereocenters. The maximum atomic E-state index is 12.3. The van der Waals surface area contributed by atoms with Crippen LogP contribution in [-0.2, 0) is 6.54 Å². The maximum absolute atomic E-state index is 12.3. The van der Waals surface area contributed by atoms with E-state index in [9.17, 15) is 18.0 Å². The largest absolute Gasteiger partial charge is 0.408 e. The molecule has 0 aromatic carbocycles. The molecule has 0 atom stereocenters. The molecule has 5 nitrogen and oxygen atoms in total. The van der Waals surface area contributed by atoms with Gasteiger partial charge in [-0.05, 0) is 36.2 Å². The third-order valence-corrected chi connectivity index (χ3v) is 3.29. The summed E-state index contributed by atoms with van der Waals surface area (Å²) < 4.78 is 37.1. The van der Waals surface area contributed by atoms with E-state index in [1.807, 2.05) is 0 Å². The minimum atomic E-state index is -4.51. The average Bonchev–Trinajstić information content (AvgIpc) is 2.27. The molecular weight excluding hydrogens is 343 g/mol. The SMILES string of the molecule is CC(C)(CCO)Nc1cnn(CC(F)(F)F)c(=O)c1Br. The Labute approximate surface area is 121 Å². The highest BCUT2D eigenvalue weighted by Gasteiger charge is 2.30. The third-order valence-electron chi connectivity index (χ3n) is 2.52. The lowest BCUT2D eigenvalue weighted by Crippen LogP contribution is -2.35. The number of aliphatic hydroxyl groups is 1. The molecule has 0 fully saturated rings. The first-order valence-electron chi connectivity index (χ1n) is 5.77. The summed E-state index contributed by atoms with van der Waals surface area (Å²) in [6.45, 7) is 2.08. The van der Waals surface area contributed by atoms with Crippen LogP contribution in [0.5, 0.6) is 0 Å². The van der Waals surface area contributed by atoms with Gasteiger partial charge in [-0.15, -0.1) is 0 Å². The number of aliphatic hydroxyl groups excluding tert-OH is 1. The van der Waals surface area contributed by atoms with Gasteiger partial charge in [0, 0.05) is 12.1 Å². The fourth-order valence-electron chi connectivity index (χ4n) is 1.54. The van der Waals surface area contributed by atoms with Crippen molar-refractivity contribution in [2.45, 2.75) is 38.5 Å². The van der Waals surface area contributed by atoms with Gasteiger partial charge in [0.05, 0.1) is 11.9 Å². The van der Waals surface area contributed by atoms with Gasteiger partial charge in [-0.2, -0.15) is 18.3 Å². The van der Waals surface area contributed by atoms with E-state index in [1.165, 1.54) is 0 Å². The van der Waals surface area contributed by atoms with Crippen LogP contribution in [0.3, 0.4) is 0 Å². The van der Waals surface area contributed by atoms with Gasteiger partial charge in [0.2, 0.25) is 0 Å². The molecule has 1 heterocycles. The number of aromatic nitrogens is 2. The molecule has 20 heavy (non-hydrogen) atoms. The lowest BCUT2D eigenvalue weighted by atomic mass is 10.0. The smallest absolute Gasteiger partial charge is 0.396 e. The van der Waals surface area contributed by atoms with Gasteiger partial charge in [0.15, 0.2) is 0 Å². The minimum absolute atomic E-state index is 0.0252. The number of alkyl halides is 3. The molecule has 0 saturated heterocycles. The Hall–Kier alpha value is -1.09. The van der Waals surface area contributed by atoms with Gasteiger partial charge in [0.1, 0.15) is 11.0 Å². The zero-order chi connectivity index (χ0) is 15.6. The van der Waals surface area contributed by atoms with Crippen LogP contribution in [0.4, 0.5) is 18.9 Å². The van der Waals surface area contributed by atoms with Crippen LogP contribution < -0.4 is 10.9 Å². The number of halogens is 4. The van der Waals surface area contributed by atoms with E-state index in [1.54, 1.807) is 13.8 Å². The summed E-state index contributed by atoms with van der Waals surface area (Å²) in [5.41, 5.74) is -1.11. The lowest BCUT2D eigenvalue weighted by molar-refractivity contribution is -0.143. The molecule has 1 rings (SSSR count). The second-order valence-electron chi connectivity index (χ2n) is 4.93. The first kappa shape index (κ1) is 17.0. The molecule has 0 spiro atoms. The molecule has 0 amide bonds. The first-order valence-corrected chi connectivity index (χ1v) is 6.56. The van der Waals surface area contributed by atoms with Crippen LogP contribution in [0, 0.1) is 0 Å². The molecule has 0 aliphatic heterocycles. The quantitative estimate of drug-likeness (QED) is 0.847. The standard InChI is InChI=1S/C11H15BrF3N3O2/c1-10(2,3-4-19)17-7-5-16-18(6-11(13,14)15)9(20)8(7)12/h5,17,19H,3-4,6H2,1-2H3. The van der Waals surface area contributed by atoms with E-state index in [0.717, 1.165) is 6.20 Å². The van der Waals surface area contributed by atoms with E-state index in [2.05, 4.69) is 26.3 Å². The van der Waals surface area contributed by atoms with Crippen molar-refractivity contribution in [1.82, 2.24) is 9.78 Å². The Bertz CT molecular complexity index is 529. The molecule has 0 saturated carbocycles. The Morgan fingerprint density at radius 1 is 1.45 bits per heavy atom. The summed E-state index contributed by atoms with van der Waals surface area (Å²) >= 11 is 2.98. The molecule has 0 aliphatic carbocycles. The highest BCUT2D eigenvalue weighted by atomic mass is 79.9. The van der Waals surface area contributed by atoms with Crippen LogP contribution in [0.2, 0.25) is 0 Å². The van der Waals surface area contributed by atoms with Crippen molar-refractivity contribution in [1.29, 1.82) is 0 Å². The van der Waals surface area contributed by atoms with Gasteiger partial charge in [-0.25, -0.2) is 4.68 Å². The predicted octanol–water partition coefficient (Wildman–Crippen LogP) is 2.14. The number of nitrogens with one attached hydrogen (secondary N) is 1. The summed E-state index contributed by atoms with van der Waals surface area (Å²) in [6, 6.07) is 0. The predicted molar refractivity (Wildman–Crippen MR) is 71.7 cm³/mol. The Balaban J connectivity index is 3.04. The minimum Gasteiger partial charge on any atom is -0.396 e. The highest BCUT2D eigenvalue weighted by Crippen LogP contribution is 2.23. The van der Waals surface area contributed by atoms with E-state index < -0.39 is 23.8 Å². The van der Waals surface area contributed by atoms with Crippen molar-refractivity contribution in [2.24, 2.45) is 0 Å². The normalized spacial score (nSPS) is 12.6. The van der Waals surface area contributed by atoms with Crippen molar-refractivity contribution < 1.29 is 18.3 Å². The molecule has 0 bridgehead atoms. The van der Waals surface area contributed by atoms with Crippen LogP contribution in [-0.4, -0.2) is 33.2 Å². The highest BCUT2D eigenvalue weighted by molar-refractivity contribution is 9.10. The van der Waals surface area contributed by atoms with Crippen molar-refractivity contribution >= 4 is 21.6 Å². The topological polar surface area (TPSA) is 67.2 Å². The van der Waals surface area contributed by atoms with Crippen LogP contribution in [0.1, 0.15) is 20.3 Å². The van der Waals surface area contributed by atoms with E-state index >= 15 is 0 Å². The van der Waals surface area contributed by atoms with Crippen molar-refractivity contribution in [3.05, 3.63) is 21.0 Å². The number of hydrogen-bond acceptors (Lipinski definition) is 4. The maximum Gasteiger partial charge on any atom is 0.408 e. The fourth-order valence-corrected chi connectivity index (χ4v) is 1.95. The van der Waals surface area contributed by atoms with Crippen molar-refractivity contribution in [3.63, 3.8) is 0 Å². The first-order chi connectivity index (χ1) is 9.06. The zero-order valence-corrected chi connectivity index (χ0v) is 12.5. The van der Waals surface area contributed by atoms with E-state index in [-0.39, 0.29) is 16.8 Å². The van der Waals surface area contributed by atoms with Gasteiger partial charge in [-0.1, -0.05) is 0 Å². The molecule has 9 heteroatoms. The van der Waals surface area contributed by atoms with Crippen LogP contribution >= 0.6 is 15.9 Å². The van der Waals surface area contributed by atoms with Gasteiger partial charge < -0.3 is 10.4 Å². The van der Waals surface area contributed by atoms with Crippen LogP contribution in [0.15, 0.2) is 15.5 Å². The van der Waals surface area contributed by atoms with Gasteiger partial charge in [-0.3, -0.25) is 4.79 Å². The molecular formula is C11H15BrF3N3O2. The molecule has 1 aromatic heterocycles. The molecule has 1 aromatic rings. The molecule has 0 aliphatic rings. The van der Waals surface area contributed by atoms with E-state index in [0.29, 0.717) is 11.1 Å². The lowest BCUT2D eigenvalue weighted by Gasteiger charge is -2.27. The molecule has 2 N–H and O–H groups in total. The number of hydrogen-bond donors (Lipinski definition) is 2. The molecule has 114 valence electrons. The second kappa shape index (κ2) is 6.13. The monoisotopic (exact) mass is 357 g/mol. The average molecular weight is 358 g/mol. The van der Waals surface area contributed by atoms with E-state index in [4.69, 9.17) is 5.11 Å². The summed E-state index contributed by atoms with van der Waals surface area (Å²) in [6.07, 6.45) is -2.96.